The molecule has 3 nitrogen and oxygen atoms in total. The Morgan fingerprint density at radius 2 is 2.30 bits per heavy atom. The molecule has 0 radical (unpaired) electrons. The van der Waals surface area contributed by atoms with Crippen LogP contribution in [0.15, 0.2) is 4.99 Å². The van der Waals surface area contributed by atoms with Crippen LogP contribution in [-0.4, -0.2) is 33.1 Å². The van der Waals surface area contributed by atoms with Crippen LogP contribution in [0.3, 0.4) is 0 Å². The van der Waals surface area contributed by atoms with Gasteiger partial charge in [-0.15, -0.1) is 0 Å². The summed E-state index contributed by atoms with van der Waals surface area (Å²) in [7, 11) is 3.49. The van der Waals surface area contributed by atoms with Crippen LogP contribution in [0.25, 0.3) is 0 Å². The fourth-order valence-corrected chi connectivity index (χ4v) is 0.565. The second-order valence-electron chi connectivity index (χ2n) is 2.08. The minimum Gasteiger partial charge on any atom is -0.385 e. The fourth-order valence-electron chi connectivity index (χ4n) is 0.565. The SMILES string of the molecule is CN=C(C)NCCCOC. The van der Waals surface area contributed by atoms with Crippen molar-refractivity contribution in [1.29, 1.82) is 0 Å². The number of hydrogen-bond acceptors (Lipinski definition) is 2. The van der Waals surface area contributed by atoms with E-state index < -0.39 is 0 Å². The number of nitrogens with zero attached hydrogens (tertiary/aromatic N) is 1. The molecule has 3 heteroatoms. The van der Waals surface area contributed by atoms with Crippen LogP contribution in [0, 0.1) is 0 Å². The maximum absolute atomic E-state index is 4.88. The van der Waals surface area contributed by atoms with Crippen LogP contribution < -0.4 is 5.32 Å². The van der Waals surface area contributed by atoms with E-state index in [2.05, 4.69) is 10.3 Å². The zero-order chi connectivity index (χ0) is 7.82. The minimum absolute atomic E-state index is 0.810. The maximum atomic E-state index is 4.88. The van der Waals surface area contributed by atoms with Crippen molar-refractivity contribution in [3.63, 3.8) is 0 Å². The molecule has 0 aromatic rings. The first-order chi connectivity index (χ1) is 4.81. The van der Waals surface area contributed by atoms with Crippen LogP contribution in [0.5, 0.6) is 0 Å². The van der Waals surface area contributed by atoms with Crippen LogP contribution in [-0.2, 0) is 4.74 Å². The molecular formula is C7H16N2O. The second kappa shape index (κ2) is 6.55. The van der Waals surface area contributed by atoms with Crippen LogP contribution in [0.1, 0.15) is 13.3 Å². The first-order valence-electron chi connectivity index (χ1n) is 3.47. The monoisotopic (exact) mass is 144 g/mol. The highest BCUT2D eigenvalue weighted by molar-refractivity contribution is 5.79. The lowest BCUT2D eigenvalue weighted by atomic mass is 10.4. The number of hydrogen-bond donors (Lipinski definition) is 1. The Morgan fingerprint density at radius 1 is 1.60 bits per heavy atom. The van der Waals surface area contributed by atoms with Crippen molar-refractivity contribution in [3.05, 3.63) is 0 Å². The van der Waals surface area contributed by atoms with Crippen molar-refractivity contribution in [2.75, 3.05) is 27.3 Å². The van der Waals surface area contributed by atoms with Crippen molar-refractivity contribution >= 4 is 5.84 Å². The van der Waals surface area contributed by atoms with Gasteiger partial charge >= 0.3 is 0 Å². The number of rotatable bonds is 4. The van der Waals surface area contributed by atoms with Gasteiger partial charge in [0.15, 0.2) is 0 Å². The zero-order valence-corrected chi connectivity index (χ0v) is 6.98. The zero-order valence-electron chi connectivity index (χ0n) is 6.98. The molecule has 0 aliphatic carbocycles. The molecule has 0 rings (SSSR count). The molecule has 0 unspecified atom stereocenters. The molecule has 0 saturated carbocycles. The topological polar surface area (TPSA) is 33.6 Å². The Balaban J connectivity index is 3.04. The summed E-state index contributed by atoms with van der Waals surface area (Å²) in [6, 6.07) is 0. The number of methoxy groups -OCH3 is 1. The lowest BCUT2D eigenvalue weighted by Gasteiger charge is -2.02. The number of nitrogens with one attached hydrogen (secondary N) is 1. The molecular weight excluding hydrogens is 128 g/mol. The lowest BCUT2D eigenvalue weighted by molar-refractivity contribution is 0.195. The van der Waals surface area contributed by atoms with Gasteiger partial charge in [0, 0.05) is 27.3 Å². The number of amidine groups is 1. The van der Waals surface area contributed by atoms with E-state index in [1.807, 2.05) is 6.92 Å². The minimum atomic E-state index is 0.810. The van der Waals surface area contributed by atoms with Crippen LogP contribution in [0.4, 0.5) is 0 Å². The quantitative estimate of drug-likeness (QED) is 0.357. The molecule has 0 spiro atoms. The first kappa shape index (κ1) is 9.43. The average Bonchev–Trinajstić information content (AvgIpc) is 1.98. The van der Waals surface area contributed by atoms with Gasteiger partial charge in [-0.3, -0.25) is 4.99 Å². The highest BCUT2D eigenvalue weighted by atomic mass is 16.5. The molecule has 0 aliphatic rings. The predicted molar refractivity (Wildman–Crippen MR) is 43.5 cm³/mol. The van der Waals surface area contributed by atoms with Gasteiger partial charge < -0.3 is 10.1 Å². The summed E-state index contributed by atoms with van der Waals surface area (Å²) < 4.78 is 4.88. The highest BCUT2D eigenvalue weighted by Gasteiger charge is 1.86. The third-order valence-corrected chi connectivity index (χ3v) is 1.24. The molecule has 0 amide bonds. The molecule has 0 aromatic carbocycles. The van der Waals surface area contributed by atoms with E-state index in [0.717, 1.165) is 25.4 Å². The van der Waals surface area contributed by atoms with Gasteiger partial charge in [0.1, 0.15) is 0 Å². The molecule has 10 heavy (non-hydrogen) atoms. The fraction of sp³-hybridized carbons (Fsp3) is 0.857. The maximum Gasteiger partial charge on any atom is 0.0928 e. The molecule has 0 fully saturated rings. The lowest BCUT2D eigenvalue weighted by Crippen LogP contribution is -2.22. The Labute approximate surface area is 62.5 Å². The predicted octanol–water partition coefficient (Wildman–Crippen LogP) is 0.661. The first-order valence-corrected chi connectivity index (χ1v) is 3.47. The number of ether oxygens (including phenoxy) is 1. The van der Waals surface area contributed by atoms with Crippen LogP contribution >= 0.6 is 0 Å². The van der Waals surface area contributed by atoms with Gasteiger partial charge in [-0.25, -0.2) is 0 Å². The van der Waals surface area contributed by atoms with Gasteiger partial charge in [-0.2, -0.15) is 0 Å². The van der Waals surface area contributed by atoms with Crippen molar-refractivity contribution < 1.29 is 4.74 Å². The van der Waals surface area contributed by atoms with E-state index in [0.29, 0.717) is 0 Å². The van der Waals surface area contributed by atoms with Crippen LogP contribution in [0.2, 0.25) is 0 Å². The molecule has 60 valence electrons. The van der Waals surface area contributed by atoms with E-state index in [-0.39, 0.29) is 0 Å². The summed E-state index contributed by atoms with van der Waals surface area (Å²) in [6.07, 6.45) is 1.03. The molecule has 0 aliphatic heterocycles. The molecule has 0 atom stereocenters. The van der Waals surface area contributed by atoms with Gasteiger partial charge in [0.2, 0.25) is 0 Å². The molecule has 0 bridgehead atoms. The number of aliphatic imine (C=N–C) groups is 1. The summed E-state index contributed by atoms with van der Waals surface area (Å²) in [5.74, 6) is 0.983. The van der Waals surface area contributed by atoms with E-state index in [9.17, 15) is 0 Å². The smallest absolute Gasteiger partial charge is 0.0928 e. The van der Waals surface area contributed by atoms with Gasteiger partial charge in [-0.05, 0) is 13.3 Å². The third-order valence-electron chi connectivity index (χ3n) is 1.24. The summed E-state index contributed by atoms with van der Waals surface area (Å²) in [5, 5.41) is 3.14. The summed E-state index contributed by atoms with van der Waals surface area (Å²) in [4.78, 5) is 3.95. The molecule has 0 aromatic heterocycles. The largest absolute Gasteiger partial charge is 0.385 e. The van der Waals surface area contributed by atoms with Gasteiger partial charge in [0.25, 0.3) is 0 Å². The molecule has 0 heterocycles. The van der Waals surface area contributed by atoms with Gasteiger partial charge in [-0.1, -0.05) is 0 Å². The second-order valence-corrected chi connectivity index (χ2v) is 2.08. The van der Waals surface area contributed by atoms with Crippen molar-refractivity contribution in [1.82, 2.24) is 5.32 Å². The van der Waals surface area contributed by atoms with Crippen molar-refractivity contribution in [2.24, 2.45) is 4.99 Å². The third kappa shape index (κ3) is 5.56. The van der Waals surface area contributed by atoms with Crippen molar-refractivity contribution in [3.8, 4) is 0 Å². The van der Waals surface area contributed by atoms with E-state index in [1.165, 1.54) is 0 Å². The Bertz CT molecular complexity index is 102. The Morgan fingerprint density at radius 3 is 2.80 bits per heavy atom. The molecule has 0 saturated heterocycles. The Hall–Kier alpha value is -0.570. The molecule has 1 N–H and O–H groups in total. The summed E-state index contributed by atoms with van der Waals surface area (Å²) in [6.45, 7) is 3.70. The summed E-state index contributed by atoms with van der Waals surface area (Å²) >= 11 is 0. The Kier molecular flexibility index (Phi) is 6.18. The van der Waals surface area contributed by atoms with E-state index in [4.69, 9.17) is 4.74 Å². The standard InChI is InChI=1S/C7H16N2O/c1-7(8-2)9-5-4-6-10-3/h4-6H2,1-3H3,(H,8,9). The highest BCUT2D eigenvalue weighted by Crippen LogP contribution is 1.77. The van der Waals surface area contributed by atoms with Gasteiger partial charge in [0.05, 0.1) is 5.84 Å². The normalized spacial score (nSPS) is 11.7. The van der Waals surface area contributed by atoms with Crippen molar-refractivity contribution in [2.45, 2.75) is 13.3 Å². The average molecular weight is 144 g/mol. The van der Waals surface area contributed by atoms with E-state index in [1.54, 1.807) is 14.2 Å². The van der Waals surface area contributed by atoms with E-state index >= 15 is 0 Å². The summed E-state index contributed by atoms with van der Waals surface area (Å²) in [5.41, 5.74) is 0.